The summed E-state index contributed by atoms with van der Waals surface area (Å²) in [4.78, 5) is 22.0. The van der Waals surface area contributed by atoms with Crippen LogP contribution in [0.3, 0.4) is 0 Å². The zero-order valence-electron chi connectivity index (χ0n) is 10.6. The molecule has 0 unspecified atom stereocenters. The Morgan fingerprint density at radius 3 is 2.60 bits per heavy atom. The van der Waals surface area contributed by atoms with Crippen molar-refractivity contribution in [3.63, 3.8) is 0 Å². The molecule has 0 fully saturated rings. The molecule has 5 nitrogen and oxygen atoms in total. The van der Waals surface area contributed by atoms with Gasteiger partial charge in [-0.25, -0.2) is 0 Å². The molecule has 0 saturated carbocycles. The van der Waals surface area contributed by atoms with Crippen LogP contribution in [0.15, 0.2) is 6.07 Å². The number of rotatable bonds is 6. The Morgan fingerprint density at radius 1 is 1.45 bits per heavy atom. The lowest BCUT2D eigenvalue weighted by molar-refractivity contribution is -0.141. The van der Waals surface area contributed by atoms with Gasteiger partial charge in [-0.1, -0.05) is 0 Å². The lowest BCUT2D eigenvalue weighted by Gasteiger charge is -2.06. The summed E-state index contributed by atoms with van der Waals surface area (Å²) >= 11 is 5.12. The fraction of sp³-hybridized carbons (Fsp3) is 0.545. The summed E-state index contributed by atoms with van der Waals surface area (Å²) in [6.45, 7) is 1.35. The maximum atomic E-state index is 12.4. The Balaban J connectivity index is 2.50. The number of nitrogens with zero attached hydrogens (tertiary/aromatic N) is 2. The van der Waals surface area contributed by atoms with Gasteiger partial charge >= 0.3 is 6.18 Å². The Bertz CT molecular complexity index is 500. The monoisotopic (exact) mass is 311 g/mol. The molecular formula is C11H13ClF3N3O2. The molecule has 0 aliphatic heterocycles. The largest absolute Gasteiger partial charge is 0.435 e. The summed E-state index contributed by atoms with van der Waals surface area (Å²) in [5.74, 6) is -0.480. The van der Waals surface area contributed by atoms with Gasteiger partial charge in [0.05, 0.1) is 0 Å². The van der Waals surface area contributed by atoms with Gasteiger partial charge in [-0.2, -0.15) is 18.3 Å². The number of aromatic nitrogens is 2. The van der Waals surface area contributed by atoms with Crippen LogP contribution in [-0.4, -0.2) is 27.5 Å². The molecule has 0 spiro atoms. The lowest BCUT2D eigenvalue weighted by atomic mass is 10.3. The molecule has 0 atom stereocenters. The Labute approximate surface area is 118 Å². The molecule has 1 aromatic rings. The average Bonchev–Trinajstić information content (AvgIpc) is 2.66. The van der Waals surface area contributed by atoms with E-state index in [4.69, 9.17) is 11.6 Å². The highest BCUT2D eigenvalue weighted by Crippen LogP contribution is 2.28. The molecule has 0 aliphatic carbocycles. The number of alkyl halides is 3. The van der Waals surface area contributed by atoms with Crippen molar-refractivity contribution in [1.82, 2.24) is 15.1 Å². The zero-order chi connectivity index (χ0) is 15.3. The molecule has 1 heterocycles. The van der Waals surface area contributed by atoms with Crippen LogP contribution >= 0.6 is 11.6 Å². The van der Waals surface area contributed by atoms with Gasteiger partial charge in [0, 0.05) is 18.7 Å². The summed E-state index contributed by atoms with van der Waals surface area (Å²) in [5.41, 5.74) is -0.793. The Kier molecular flexibility index (Phi) is 5.55. The van der Waals surface area contributed by atoms with Crippen molar-refractivity contribution in [3.05, 3.63) is 17.5 Å². The van der Waals surface area contributed by atoms with Crippen LogP contribution in [0, 0.1) is 6.92 Å². The minimum atomic E-state index is -4.53. The highest BCUT2D eigenvalue weighted by Gasteiger charge is 2.34. The van der Waals surface area contributed by atoms with Gasteiger partial charge < -0.3 is 5.32 Å². The second-order valence-electron chi connectivity index (χ2n) is 4.13. The van der Waals surface area contributed by atoms with Gasteiger partial charge in [-0.3, -0.25) is 14.3 Å². The standard InChI is InChI=1S/C11H13ClF3N3O2/c1-7-5-8(11(13,14)15)17-18(7)6-10(20)16-4-2-3-9(12)19/h5H,2-4,6H2,1H3,(H,16,20). The van der Waals surface area contributed by atoms with E-state index in [2.05, 4.69) is 10.4 Å². The maximum absolute atomic E-state index is 12.4. The van der Waals surface area contributed by atoms with Crippen molar-refractivity contribution in [2.24, 2.45) is 0 Å². The molecule has 1 aromatic heterocycles. The number of carbonyl (C=O) groups excluding carboxylic acids is 2. The molecule has 112 valence electrons. The van der Waals surface area contributed by atoms with Crippen LogP contribution in [0.2, 0.25) is 0 Å². The van der Waals surface area contributed by atoms with Gasteiger partial charge in [0.1, 0.15) is 6.54 Å². The summed E-state index contributed by atoms with van der Waals surface area (Å²) in [6.07, 6.45) is -4.03. The van der Waals surface area contributed by atoms with E-state index >= 15 is 0 Å². The summed E-state index contributed by atoms with van der Waals surface area (Å²) in [6, 6.07) is 0.874. The van der Waals surface area contributed by atoms with E-state index in [1.807, 2.05) is 0 Å². The third-order valence-electron chi connectivity index (χ3n) is 2.44. The summed E-state index contributed by atoms with van der Waals surface area (Å²) in [7, 11) is 0. The van der Waals surface area contributed by atoms with E-state index in [-0.39, 0.29) is 25.2 Å². The van der Waals surface area contributed by atoms with Gasteiger partial charge in [0.2, 0.25) is 11.1 Å². The van der Waals surface area contributed by atoms with Crippen molar-refractivity contribution >= 4 is 22.8 Å². The quantitative estimate of drug-likeness (QED) is 0.644. The van der Waals surface area contributed by atoms with Crippen LogP contribution in [-0.2, 0) is 22.3 Å². The summed E-state index contributed by atoms with van der Waals surface area (Å²) < 4.78 is 38.2. The fourth-order valence-electron chi connectivity index (χ4n) is 1.46. The number of halogens is 4. The van der Waals surface area contributed by atoms with Crippen molar-refractivity contribution in [1.29, 1.82) is 0 Å². The normalized spacial score (nSPS) is 11.4. The molecule has 1 amide bonds. The SMILES string of the molecule is Cc1cc(C(F)(F)F)nn1CC(=O)NCCCC(=O)Cl. The van der Waals surface area contributed by atoms with Crippen LogP contribution in [0.1, 0.15) is 24.2 Å². The number of hydrogen-bond acceptors (Lipinski definition) is 3. The molecule has 0 bridgehead atoms. The molecular weight excluding hydrogens is 299 g/mol. The van der Waals surface area contributed by atoms with Crippen molar-refractivity contribution < 1.29 is 22.8 Å². The molecule has 1 rings (SSSR count). The summed E-state index contributed by atoms with van der Waals surface area (Å²) in [5, 5.41) is 5.30. The van der Waals surface area contributed by atoms with E-state index in [1.54, 1.807) is 0 Å². The first-order valence-electron chi connectivity index (χ1n) is 5.77. The smallest absolute Gasteiger partial charge is 0.354 e. The van der Waals surface area contributed by atoms with Crippen molar-refractivity contribution in [2.45, 2.75) is 32.5 Å². The van der Waals surface area contributed by atoms with Gasteiger partial charge in [-0.15, -0.1) is 0 Å². The first-order valence-corrected chi connectivity index (χ1v) is 6.14. The van der Waals surface area contributed by atoms with Crippen LogP contribution in [0.25, 0.3) is 0 Å². The molecule has 0 saturated heterocycles. The first kappa shape index (κ1) is 16.5. The third kappa shape index (κ3) is 5.20. The van der Waals surface area contributed by atoms with E-state index in [0.717, 1.165) is 10.7 Å². The Morgan fingerprint density at radius 2 is 2.10 bits per heavy atom. The lowest BCUT2D eigenvalue weighted by Crippen LogP contribution is -2.29. The van der Waals surface area contributed by atoms with Crippen LogP contribution in [0.5, 0.6) is 0 Å². The topological polar surface area (TPSA) is 64.0 Å². The average molecular weight is 312 g/mol. The second-order valence-corrected chi connectivity index (χ2v) is 4.56. The molecule has 9 heteroatoms. The third-order valence-corrected chi connectivity index (χ3v) is 2.63. The number of carbonyl (C=O) groups is 2. The number of amides is 1. The molecule has 0 aromatic carbocycles. The van der Waals surface area contributed by atoms with Gasteiger partial charge in [0.15, 0.2) is 5.69 Å². The molecule has 1 N–H and O–H groups in total. The molecule has 0 aliphatic rings. The van der Waals surface area contributed by atoms with Gasteiger partial charge in [0.25, 0.3) is 0 Å². The fourth-order valence-corrected chi connectivity index (χ4v) is 1.59. The van der Waals surface area contributed by atoms with Crippen LogP contribution in [0.4, 0.5) is 13.2 Å². The number of aryl methyl sites for hydroxylation is 1. The zero-order valence-corrected chi connectivity index (χ0v) is 11.4. The maximum Gasteiger partial charge on any atom is 0.435 e. The van der Waals surface area contributed by atoms with Crippen molar-refractivity contribution in [3.8, 4) is 0 Å². The predicted molar refractivity (Wildman–Crippen MR) is 65.1 cm³/mol. The highest BCUT2D eigenvalue weighted by molar-refractivity contribution is 6.63. The van der Waals surface area contributed by atoms with E-state index in [9.17, 15) is 22.8 Å². The van der Waals surface area contributed by atoms with E-state index in [1.165, 1.54) is 6.92 Å². The predicted octanol–water partition coefficient (Wildman–Crippen LogP) is 1.87. The Hall–Kier alpha value is -1.57. The molecule has 0 radical (unpaired) electrons. The van der Waals surface area contributed by atoms with Crippen molar-refractivity contribution in [2.75, 3.05) is 6.54 Å². The van der Waals surface area contributed by atoms with Gasteiger partial charge in [-0.05, 0) is 31.0 Å². The number of nitrogens with one attached hydrogen (secondary N) is 1. The second kappa shape index (κ2) is 6.74. The minimum absolute atomic E-state index is 0.126. The number of hydrogen-bond donors (Lipinski definition) is 1. The highest BCUT2D eigenvalue weighted by atomic mass is 35.5. The molecule has 20 heavy (non-hydrogen) atoms. The van der Waals surface area contributed by atoms with Crippen LogP contribution < -0.4 is 5.32 Å². The van der Waals surface area contributed by atoms with E-state index in [0.29, 0.717) is 6.42 Å². The minimum Gasteiger partial charge on any atom is -0.354 e. The first-order chi connectivity index (χ1) is 9.20. The van der Waals surface area contributed by atoms with E-state index < -0.39 is 23.0 Å².